The summed E-state index contributed by atoms with van der Waals surface area (Å²) in [4.78, 5) is 4.79. The zero-order chi connectivity index (χ0) is 8.97. The highest BCUT2D eigenvalue weighted by atomic mass is 16.7. The Morgan fingerprint density at radius 1 is 1.33 bits per heavy atom. The topological polar surface area (TPSA) is 55.3 Å². The molecule has 0 fully saturated rings. The van der Waals surface area contributed by atoms with Crippen LogP contribution in [0.25, 0.3) is 0 Å². The van der Waals surface area contributed by atoms with E-state index in [1.54, 1.807) is 6.08 Å². The van der Waals surface area contributed by atoms with Gasteiger partial charge in [-0.15, -0.1) is 0 Å². The van der Waals surface area contributed by atoms with Crippen molar-refractivity contribution in [3.63, 3.8) is 0 Å². The van der Waals surface area contributed by atoms with Gasteiger partial charge in [0, 0.05) is 0 Å². The predicted molar refractivity (Wildman–Crippen MR) is 41.5 cm³/mol. The molecule has 1 aliphatic rings. The molecule has 12 heavy (non-hydrogen) atoms. The van der Waals surface area contributed by atoms with Crippen LogP contribution in [-0.4, -0.2) is 32.5 Å². The number of hydrazone groups is 1. The van der Waals surface area contributed by atoms with Crippen molar-refractivity contribution in [3.05, 3.63) is 12.0 Å². The van der Waals surface area contributed by atoms with Crippen LogP contribution in [0.4, 0.5) is 0 Å². The van der Waals surface area contributed by atoms with Crippen molar-refractivity contribution in [1.29, 1.82) is 0 Å². The molecular formula is C6H11N3O3. The van der Waals surface area contributed by atoms with Gasteiger partial charge in [0.25, 0.3) is 0 Å². The molecule has 0 atom stereocenters. The summed E-state index contributed by atoms with van der Waals surface area (Å²) in [7, 11) is 4.52. The van der Waals surface area contributed by atoms with Crippen LogP contribution in [-0.2, 0) is 14.3 Å². The van der Waals surface area contributed by atoms with Crippen LogP contribution >= 0.6 is 0 Å². The first kappa shape index (κ1) is 8.66. The van der Waals surface area contributed by atoms with Crippen molar-refractivity contribution in [2.75, 3.05) is 21.3 Å². The lowest BCUT2D eigenvalue weighted by Crippen LogP contribution is -2.37. The second-order valence-corrected chi connectivity index (χ2v) is 1.92. The molecule has 68 valence electrons. The van der Waals surface area contributed by atoms with Crippen LogP contribution in [0.15, 0.2) is 17.1 Å². The van der Waals surface area contributed by atoms with Crippen LogP contribution < -0.4 is 5.43 Å². The third-order valence-electron chi connectivity index (χ3n) is 1.25. The van der Waals surface area contributed by atoms with Gasteiger partial charge in [-0.05, 0) is 0 Å². The maximum Gasteiger partial charge on any atom is 0.240 e. The summed E-state index contributed by atoms with van der Waals surface area (Å²) < 4.78 is 9.81. The van der Waals surface area contributed by atoms with Gasteiger partial charge in [-0.2, -0.15) is 0 Å². The molecule has 0 aromatic rings. The van der Waals surface area contributed by atoms with Crippen LogP contribution in [0.2, 0.25) is 0 Å². The third-order valence-corrected chi connectivity index (χ3v) is 1.25. The van der Waals surface area contributed by atoms with Gasteiger partial charge in [0.05, 0.1) is 27.4 Å². The molecule has 0 bridgehead atoms. The zero-order valence-corrected chi connectivity index (χ0v) is 7.20. The number of nitrogens with one attached hydrogen (secondary N) is 1. The van der Waals surface area contributed by atoms with Crippen molar-refractivity contribution in [3.8, 4) is 0 Å². The average molecular weight is 173 g/mol. The number of hydrazine groups is 1. The summed E-state index contributed by atoms with van der Waals surface area (Å²) in [6, 6.07) is 0. The van der Waals surface area contributed by atoms with Crippen molar-refractivity contribution < 1.29 is 14.3 Å². The number of hydrogen-bond donors (Lipinski definition) is 1. The van der Waals surface area contributed by atoms with E-state index in [1.165, 1.54) is 21.3 Å². The Labute approximate surface area is 70.3 Å². The Morgan fingerprint density at radius 3 is 2.58 bits per heavy atom. The second-order valence-electron chi connectivity index (χ2n) is 1.92. The van der Waals surface area contributed by atoms with E-state index < -0.39 is 0 Å². The fourth-order valence-electron chi connectivity index (χ4n) is 0.673. The molecule has 0 radical (unpaired) electrons. The minimum absolute atomic E-state index is 0.410. The molecule has 1 N–H and O–H groups in total. The van der Waals surface area contributed by atoms with Crippen molar-refractivity contribution in [2.24, 2.45) is 5.10 Å². The monoisotopic (exact) mass is 173 g/mol. The number of rotatable bonds is 2. The number of hydrogen-bond acceptors (Lipinski definition) is 6. The highest BCUT2D eigenvalue weighted by molar-refractivity contribution is 5.88. The molecule has 0 saturated carbocycles. The molecule has 0 unspecified atom stereocenters. The summed E-state index contributed by atoms with van der Waals surface area (Å²) in [6.45, 7) is 0. The van der Waals surface area contributed by atoms with Crippen LogP contribution in [0.5, 0.6) is 0 Å². The van der Waals surface area contributed by atoms with Crippen molar-refractivity contribution in [1.82, 2.24) is 10.7 Å². The summed E-state index contributed by atoms with van der Waals surface area (Å²) in [5, 5.41) is 4.99. The smallest absolute Gasteiger partial charge is 0.240 e. The van der Waals surface area contributed by atoms with Crippen LogP contribution in [0.3, 0.4) is 0 Å². The van der Waals surface area contributed by atoms with Gasteiger partial charge >= 0.3 is 0 Å². The van der Waals surface area contributed by atoms with Crippen LogP contribution in [0.1, 0.15) is 0 Å². The third kappa shape index (κ3) is 1.79. The van der Waals surface area contributed by atoms with Gasteiger partial charge in [0.2, 0.25) is 11.8 Å². The van der Waals surface area contributed by atoms with E-state index in [1.807, 2.05) is 0 Å². The Kier molecular flexibility index (Phi) is 2.76. The fourth-order valence-corrected chi connectivity index (χ4v) is 0.673. The molecular weight excluding hydrogens is 162 g/mol. The molecule has 6 nitrogen and oxygen atoms in total. The second kappa shape index (κ2) is 3.82. The van der Waals surface area contributed by atoms with Gasteiger partial charge in [0.1, 0.15) is 0 Å². The molecule has 0 saturated heterocycles. The van der Waals surface area contributed by atoms with Crippen molar-refractivity contribution >= 4 is 5.90 Å². The van der Waals surface area contributed by atoms with Crippen LogP contribution in [0, 0.1) is 0 Å². The van der Waals surface area contributed by atoms with Gasteiger partial charge < -0.3 is 9.47 Å². The normalized spacial score (nSPS) is 16.1. The van der Waals surface area contributed by atoms with Crippen molar-refractivity contribution in [2.45, 2.75) is 0 Å². The van der Waals surface area contributed by atoms with E-state index in [4.69, 9.17) is 14.3 Å². The Hall–Kier alpha value is -1.43. The summed E-state index contributed by atoms with van der Waals surface area (Å²) in [5.41, 5.74) is 2.70. The van der Waals surface area contributed by atoms with Gasteiger partial charge in [-0.25, -0.2) is 10.3 Å². The van der Waals surface area contributed by atoms with E-state index >= 15 is 0 Å². The zero-order valence-electron chi connectivity index (χ0n) is 7.20. The fraction of sp³-hybridized carbons (Fsp3) is 0.500. The minimum atomic E-state index is 0.410. The molecule has 0 aromatic carbocycles. The maximum absolute atomic E-state index is 4.92. The molecule has 0 aliphatic carbocycles. The lowest BCUT2D eigenvalue weighted by molar-refractivity contribution is -0.174. The van der Waals surface area contributed by atoms with E-state index in [0.717, 1.165) is 5.28 Å². The lowest BCUT2D eigenvalue weighted by atomic mass is 10.5. The van der Waals surface area contributed by atoms with Gasteiger partial charge in [0.15, 0.2) is 0 Å². The molecule has 0 amide bonds. The molecule has 6 heteroatoms. The highest BCUT2D eigenvalue weighted by Gasteiger charge is 2.12. The van der Waals surface area contributed by atoms with E-state index in [0.29, 0.717) is 11.8 Å². The number of ether oxygens (including phenoxy) is 2. The quantitative estimate of drug-likeness (QED) is 0.627. The largest absolute Gasteiger partial charge is 0.481 e. The van der Waals surface area contributed by atoms with E-state index in [-0.39, 0.29) is 0 Å². The Balaban J connectivity index is 2.70. The Bertz CT molecular complexity index is 214. The standard InChI is InChI=1S/C6H11N3O3/c1-10-5-4-6(11-2)8-9(7-5)12-3/h4,7H,1-3H3. The first-order valence-corrected chi connectivity index (χ1v) is 3.29. The molecule has 0 spiro atoms. The van der Waals surface area contributed by atoms with E-state index in [2.05, 4.69) is 10.5 Å². The summed E-state index contributed by atoms with van der Waals surface area (Å²) in [5.74, 6) is 0.913. The first-order valence-electron chi connectivity index (χ1n) is 3.29. The van der Waals surface area contributed by atoms with Gasteiger partial charge in [-0.1, -0.05) is 10.4 Å². The highest BCUT2D eigenvalue weighted by Crippen LogP contribution is 2.02. The molecule has 1 aliphatic heterocycles. The molecule has 0 aromatic heterocycles. The number of nitrogens with zero attached hydrogens (tertiary/aromatic N) is 2. The summed E-state index contributed by atoms with van der Waals surface area (Å²) >= 11 is 0. The molecule has 1 heterocycles. The number of methoxy groups -OCH3 is 2. The predicted octanol–water partition coefficient (Wildman–Crippen LogP) is -0.184. The average Bonchev–Trinajstić information content (AvgIpc) is 2.16. The molecule has 1 rings (SSSR count). The SMILES string of the molecule is COC1=CC(OC)=NN(OC)N1. The maximum atomic E-state index is 4.92. The van der Waals surface area contributed by atoms with Gasteiger partial charge in [-0.3, -0.25) is 0 Å². The van der Waals surface area contributed by atoms with E-state index in [9.17, 15) is 0 Å². The lowest BCUT2D eigenvalue weighted by Gasteiger charge is -2.22. The minimum Gasteiger partial charge on any atom is -0.481 e. The summed E-state index contributed by atoms with van der Waals surface area (Å²) in [6.07, 6.45) is 1.61. The Morgan fingerprint density at radius 2 is 2.08 bits per heavy atom. The first-order chi connectivity index (χ1) is 5.80.